The van der Waals surface area contributed by atoms with Gasteiger partial charge in [0, 0.05) is 13.1 Å². The standard InChI is InChI=1S/C36H35NO6/c1-4-28-21-33(36(40)42-6-3)29(22-32(28)35(39)41-5-2)23-34(38)37(24-26-13-9-7-10-14-26)25-27-17-19-31(20-18-27)43-30-15-11-8-12-16-30/h4,7-22H,1,5-6,23-25H2,2-3H3. The molecule has 4 aromatic rings. The monoisotopic (exact) mass is 577 g/mol. The molecule has 4 rings (SSSR count). The highest BCUT2D eigenvalue weighted by Gasteiger charge is 2.24. The van der Waals surface area contributed by atoms with Crippen LogP contribution in [0.15, 0.2) is 104 Å². The summed E-state index contributed by atoms with van der Waals surface area (Å²) in [5, 5.41) is 0. The van der Waals surface area contributed by atoms with Crippen LogP contribution >= 0.6 is 0 Å². The van der Waals surface area contributed by atoms with Crippen molar-refractivity contribution in [3.8, 4) is 11.5 Å². The van der Waals surface area contributed by atoms with E-state index in [0.29, 0.717) is 30.0 Å². The van der Waals surface area contributed by atoms with Gasteiger partial charge in [-0.15, -0.1) is 0 Å². The van der Waals surface area contributed by atoms with Crippen LogP contribution in [0.4, 0.5) is 0 Å². The molecule has 0 aromatic heterocycles. The fourth-order valence-electron chi connectivity index (χ4n) is 4.58. The summed E-state index contributed by atoms with van der Waals surface area (Å²) >= 11 is 0. The van der Waals surface area contributed by atoms with Gasteiger partial charge in [-0.1, -0.05) is 73.3 Å². The normalized spacial score (nSPS) is 10.5. The van der Waals surface area contributed by atoms with Crippen LogP contribution < -0.4 is 4.74 Å². The van der Waals surface area contributed by atoms with Crippen LogP contribution in [0.5, 0.6) is 11.5 Å². The van der Waals surface area contributed by atoms with Gasteiger partial charge in [-0.25, -0.2) is 9.59 Å². The average Bonchev–Trinajstić information content (AvgIpc) is 3.02. The quantitative estimate of drug-likeness (QED) is 0.156. The molecule has 0 unspecified atom stereocenters. The predicted molar refractivity (Wildman–Crippen MR) is 166 cm³/mol. The molecule has 0 aliphatic heterocycles. The Balaban J connectivity index is 1.63. The molecule has 0 radical (unpaired) electrons. The summed E-state index contributed by atoms with van der Waals surface area (Å²) in [5.41, 5.74) is 3.11. The lowest BCUT2D eigenvalue weighted by Crippen LogP contribution is -2.32. The molecule has 43 heavy (non-hydrogen) atoms. The highest BCUT2D eigenvalue weighted by Crippen LogP contribution is 2.24. The Kier molecular flexibility index (Phi) is 10.9. The van der Waals surface area contributed by atoms with Gasteiger partial charge in [0.2, 0.25) is 5.91 Å². The molecule has 0 spiro atoms. The fraction of sp³-hybridized carbons (Fsp3) is 0.194. The molecule has 220 valence electrons. The van der Waals surface area contributed by atoms with E-state index in [1.54, 1.807) is 18.7 Å². The molecule has 0 aliphatic rings. The molecular formula is C36H35NO6. The lowest BCUT2D eigenvalue weighted by molar-refractivity contribution is -0.131. The Morgan fingerprint density at radius 1 is 0.698 bits per heavy atom. The summed E-state index contributed by atoms with van der Waals surface area (Å²) in [6, 6.07) is 29.8. The average molecular weight is 578 g/mol. The number of hydrogen-bond acceptors (Lipinski definition) is 6. The van der Waals surface area contributed by atoms with E-state index < -0.39 is 11.9 Å². The highest BCUT2D eigenvalue weighted by molar-refractivity contribution is 5.99. The maximum atomic E-state index is 13.9. The molecule has 0 saturated carbocycles. The van der Waals surface area contributed by atoms with Gasteiger partial charge in [-0.2, -0.15) is 0 Å². The maximum Gasteiger partial charge on any atom is 0.338 e. The first-order valence-electron chi connectivity index (χ1n) is 14.2. The number of ether oxygens (including phenoxy) is 3. The van der Waals surface area contributed by atoms with Crippen molar-refractivity contribution in [2.45, 2.75) is 33.4 Å². The van der Waals surface area contributed by atoms with Gasteiger partial charge in [0.1, 0.15) is 11.5 Å². The third-order valence-corrected chi connectivity index (χ3v) is 6.67. The van der Waals surface area contributed by atoms with Gasteiger partial charge in [0.05, 0.1) is 30.8 Å². The van der Waals surface area contributed by atoms with Gasteiger partial charge in [0.25, 0.3) is 0 Å². The SMILES string of the molecule is C=Cc1cc(C(=O)OCC)c(CC(=O)N(Cc2ccccc2)Cc2ccc(Oc3ccccc3)cc2)cc1C(=O)OCC. The zero-order valence-corrected chi connectivity index (χ0v) is 24.5. The van der Waals surface area contributed by atoms with Crippen molar-refractivity contribution < 1.29 is 28.6 Å². The molecule has 0 atom stereocenters. The van der Waals surface area contributed by atoms with Gasteiger partial charge in [-0.3, -0.25) is 4.79 Å². The van der Waals surface area contributed by atoms with E-state index in [0.717, 1.165) is 16.9 Å². The zero-order valence-electron chi connectivity index (χ0n) is 24.5. The summed E-state index contributed by atoms with van der Waals surface area (Å²) in [7, 11) is 0. The van der Waals surface area contributed by atoms with E-state index in [1.165, 1.54) is 18.2 Å². The van der Waals surface area contributed by atoms with Crippen molar-refractivity contribution >= 4 is 23.9 Å². The molecule has 0 bridgehead atoms. The third kappa shape index (κ3) is 8.42. The van der Waals surface area contributed by atoms with Crippen LogP contribution in [-0.2, 0) is 33.8 Å². The van der Waals surface area contributed by atoms with Crippen LogP contribution in [0.3, 0.4) is 0 Å². The van der Waals surface area contributed by atoms with Crippen molar-refractivity contribution in [3.63, 3.8) is 0 Å². The van der Waals surface area contributed by atoms with E-state index in [9.17, 15) is 14.4 Å². The Morgan fingerprint density at radius 2 is 1.23 bits per heavy atom. The van der Waals surface area contributed by atoms with Crippen molar-refractivity contribution in [1.29, 1.82) is 0 Å². The number of benzene rings is 4. The zero-order chi connectivity index (χ0) is 30.6. The second-order valence-corrected chi connectivity index (χ2v) is 9.71. The topological polar surface area (TPSA) is 82.1 Å². The first kappa shape index (κ1) is 30.8. The Hall–Kier alpha value is -5.17. The molecule has 0 N–H and O–H groups in total. The number of esters is 2. The number of para-hydroxylation sites is 1. The van der Waals surface area contributed by atoms with E-state index >= 15 is 0 Å². The van der Waals surface area contributed by atoms with E-state index in [1.807, 2.05) is 84.9 Å². The predicted octanol–water partition coefficient (Wildman–Crippen LogP) is 7.25. The summed E-state index contributed by atoms with van der Waals surface area (Å²) in [6.45, 7) is 8.23. The second kappa shape index (κ2) is 15.2. The van der Waals surface area contributed by atoms with E-state index in [4.69, 9.17) is 14.2 Å². The van der Waals surface area contributed by atoms with Gasteiger partial charge in [0.15, 0.2) is 0 Å². The Labute approximate surface area is 252 Å². The number of hydrogen-bond donors (Lipinski definition) is 0. The van der Waals surface area contributed by atoms with Crippen LogP contribution in [0.25, 0.3) is 6.08 Å². The molecule has 0 saturated heterocycles. The van der Waals surface area contributed by atoms with Crippen molar-refractivity contribution in [1.82, 2.24) is 4.90 Å². The Bertz CT molecular complexity index is 1550. The summed E-state index contributed by atoms with van der Waals surface area (Å²) in [5.74, 6) is 0.0648. The highest BCUT2D eigenvalue weighted by atomic mass is 16.5. The molecule has 0 fully saturated rings. The number of carbonyl (C=O) groups is 3. The van der Waals surface area contributed by atoms with E-state index in [-0.39, 0.29) is 36.7 Å². The number of nitrogens with zero attached hydrogens (tertiary/aromatic N) is 1. The molecule has 0 heterocycles. The molecular weight excluding hydrogens is 542 g/mol. The lowest BCUT2D eigenvalue weighted by Gasteiger charge is -2.24. The van der Waals surface area contributed by atoms with Crippen LogP contribution in [0.1, 0.15) is 56.8 Å². The summed E-state index contributed by atoms with van der Waals surface area (Å²) < 4.78 is 16.4. The third-order valence-electron chi connectivity index (χ3n) is 6.67. The van der Waals surface area contributed by atoms with Crippen LogP contribution in [0.2, 0.25) is 0 Å². The van der Waals surface area contributed by atoms with Crippen molar-refractivity contribution in [2.24, 2.45) is 0 Å². The number of rotatable bonds is 13. The molecule has 4 aromatic carbocycles. The maximum absolute atomic E-state index is 13.9. The lowest BCUT2D eigenvalue weighted by atomic mass is 9.95. The molecule has 1 amide bonds. The minimum atomic E-state index is -0.576. The number of amides is 1. The smallest absolute Gasteiger partial charge is 0.338 e. The Morgan fingerprint density at radius 3 is 1.81 bits per heavy atom. The summed E-state index contributed by atoms with van der Waals surface area (Å²) in [4.78, 5) is 41.3. The molecule has 7 nitrogen and oxygen atoms in total. The van der Waals surface area contributed by atoms with Crippen molar-refractivity contribution in [2.75, 3.05) is 13.2 Å². The first-order chi connectivity index (χ1) is 20.9. The molecule has 0 aliphatic carbocycles. The summed E-state index contributed by atoms with van der Waals surface area (Å²) in [6.07, 6.45) is 1.35. The second-order valence-electron chi connectivity index (χ2n) is 9.71. The largest absolute Gasteiger partial charge is 0.462 e. The van der Waals surface area contributed by atoms with Crippen LogP contribution in [0, 0.1) is 0 Å². The minimum absolute atomic E-state index is 0.125. The first-order valence-corrected chi connectivity index (χ1v) is 14.2. The van der Waals surface area contributed by atoms with Gasteiger partial charge < -0.3 is 19.1 Å². The van der Waals surface area contributed by atoms with Crippen LogP contribution in [-0.4, -0.2) is 36.0 Å². The van der Waals surface area contributed by atoms with E-state index in [2.05, 4.69) is 6.58 Å². The van der Waals surface area contributed by atoms with Gasteiger partial charge >= 0.3 is 11.9 Å². The fourth-order valence-corrected chi connectivity index (χ4v) is 4.58. The van der Waals surface area contributed by atoms with Crippen molar-refractivity contribution in [3.05, 3.63) is 137 Å². The number of carbonyl (C=O) groups excluding carboxylic acids is 3. The molecule has 7 heteroatoms. The van der Waals surface area contributed by atoms with Gasteiger partial charge in [-0.05, 0) is 72.5 Å². The minimum Gasteiger partial charge on any atom is -0.462 e.